The summed E-state index contributed by atoms with van der Waals surface area (Å²) in [4.78, 5) is 1.01. The molecule has 0 aromatic heterocycles. The van der Waals surface area contributed by atoms with Gasteiger partial charge < -0.3 is 14.6 Å². The Morgan fingerprint density at radius 3 is 2.50 bits per heavy atom. The standard InChI is InChI=1S/C12H18O3S/c1-14-10-7-6-9(5-4-8-13)11(15-2)12(10)16-3/h6-7,13H,4-5,8H2,1-3H3. The molecule has 16 heavy (non-hydrogen) atoms. The van der Waals surface area contributed by atoms with Gasteiger partial charge in [-0.2, -0.15) is 0 Å². The van der Waals surface area contributed by atoms with Crippen molar-refractivity contribution in [1.29, 1.82) is 0 Å². The van der Waals surface area contributed by atoms with Crippen LogP contribution >= 0.6 is 11.8 Å². The van der Waals surface area contributed by atoms with Gasteiger partial charge in [-0.3, -0.25) is 0 Å². The van der Waals surface area contributed by atoms with Gasteiger partial charge in [0.1, 0.15) is 11.5 Å². The fourth-order valence-electron chi connectivity index (χ4n) is 1.63. The summed E-state index contributed by atoms with van der Waals surface area (Å²) in [6.07, 6.45) is 3.56. The summed E-state index contributed by atoms with van der Waals surface area (Å²) in [5.74, 6) is 1.69. The van der Waals surface area contributed by atoms with Crippen molar-refractivity contribution >= 4 is 11.8 Å². The van der Waals surface area contributed by atoms with Gasteiger partial charge in [0.25, 0.3) is 0 Å². The Labute approximate surface area is 101 Å². The number of hydrogen-bond donors (Lipinski definition) is 1. The molecule has 0 spiro atoms. The van der Waals surface area contributed by atoms with E-state index >= 15 is 0 Å². The molecular weight excluding hydrogens is 224 g/mol. The predicted octanol–water partition coefficient (Wildman–Crippen LogP) is 2.35. The molecule has 0 radical (unpaired) electrons. The predicted molar refractivity (Wildman–Crippen MR) is 66.7 cm³/mol. The topological polar surface area (TPSA) is 38.7 Å². The van der Waals surface area contributed by atoms with E-state index in [-0.39, 0.29) is 6.61 Å². The third kappa shape index (κ3) is 2.83. The molecule has 1 N–H and O–H groups in total. The summed E-state index contributed by atoms with van der Waals surface area (Å²) < 4.78 is 10.7. The smallest absolute Gasteiger partial charge is 0.139 e. The monoisotopic (exact) mass is 242 g/mol. The van der Waals surface area contributed by atoms with E-state index in [0.717, 1.165) is 34.8 Å². The Bertz CT molecular complexity index is 339. The van der Waals surface area contributed by atoms with Crippen molar-refractivity contribution in [3.63, 3.8) is 0 Å². The number of hydrogen-bond acceptors (Lipinski definition) is 4. The Balaban J connectivity index is 3.10. The van der Waals surface area contributed by atoms with Gasteiger partial charge in [-0.15, -0.1) is 11.8 Å². The van der Waals surface area contributed by atoms with E-state index in [1.54, 1.807) is 26.0 Å². The third-order valence-corrected chi connectivity index (χ3v) is 3.18. The molecule has 1 rings (SSSR count). The molecule has 0 amide bonds. The molecule has 0 aliphatic rings. The molecule has 1 aromatic rings. The molecule has 0 saturated carbocycles. The molecule has 0 aliphatic carbocycles. The highest BCUT2D eigenvalue weighted by Gasteiger charge is 2.13. The van der Waals surface area contributed by atoms with Crippen LogP contribution in [-0.4, -0.2) is 32.2 Å². The molecule has 1 aromatic carbocycles. The maximum Gasteiger partial charge on any atom is 0.139 e. The minimum absolute atomic E-state index is 0.198. The van der Waals surface area contributed by atoms with Crippen molar-refractivity contribution < 1.29 is 14.6 Å². The van der Waals surface area contributed by atoms with Gasteiger partial charge in [-0.05, 0) is 30.7 Å². The van der Waals surface area contributed by atoms with Crippen LogP contribution in [0.5, 0.6) is 11.5 Å². The quantitative estimate of drug-likeness (QED) is 0.777. The molecule has 0 unspecified atom stereocenters. The highest BCUT2D eigenvalue weighted by Crippen LogP contribution is 2.39. The van der Waals surface area contributed by atoms with Crippen molar-refractivity contribution in [2.24, 2.45) is 0 Å². The number of rotatable bonds is 6. The zero-order valence-corrected chi connectivity index (χ0v) is 10.8. The maximum atomic E-state index is 8.85. The molecule has 3 nitrogen and oxygen atoms in total. The third-order valence-electron chi connectivity index (χ3n) is 2.39. The zero-order chi connectivity index (χ0) is 12.0. The molecule has 4 heteroatoms. The Morgan fingerprint density at radius 1 is 1.25 bits per heavy atom. The van der Waals surface area contributed by atoms with Crippen molar-refractivity contribution in [2.75, 3.05) is 27.1 Å². The van der Waals surface area contributed by atoms with Crippen molar-refractivity contribution in [3.8, 4) is 11.5 Å². The van der Waals surface area contributed by atoms with Crippen LogP contribution in [0.4, 0.5) is 0 Å². The number of aliphatic hydroxyl groups is 1. The van der Waals surface area contributed by atoms with Gasteiger partial charge in [0, 0.05) is 6.61 Å². The molecule has 0 heterocycles. The number of thioether (sulfide) groups is 1. The highest BCUT2D eigenvalue weighted by atomic mass is 32.2. The van der Waals surface area contributed by atoms with E-state index in [0.29, 0.717) is 0 Å². The first kappa shape index (κ1) is 13.2. The summed E-state index contributed by atoms with van der Waals surface area (Å²) in [5.41, 5.74) is 1.11. The van der Waals surface area contributed by atoms with Gasteiger partial charge in [0.15, 0.2) is 0 Å². The molecule has 0 aliphatic heterocycles. The summed E-state index contributed by atoms with van der Waals surface area (Å²) in [6.45, 7) is 0.198. The first-order chi connectivity index (χ1) is 7.78. The van der Waals surface area contributed by atoms with Crippen molar-refractivity contribution in [3.05, 3.63) is 17.7 Å². The van der Waals surface area contributed by atoms with Crippen LogP contribution in [0.3, 0.4) is 0 Å². The summed E-state index contributed by atoms with van der Waals surface area (Å²) in [6, 6.07) is 3.94. The lowest BCUT2D eigenvalue weighted by atomic mass is 10.1. The normalized spacial score (nSPS) is 10.2. The van der Waals surface area contributed by atoms with Gasteiger partial charge in [-0.25, -0.2) is 0 Å². The Kier molecular flexibility index (Phi) is 5.49. The van der Waals surface area contributed by atoms with Crippen LogP contribution in [0, 0.1) is 0 Å². The van der Waals surface area contributed by atoms with Gasteiger partial charge in [0.2, 0.25) is 0 Å². The van der Waals surface area contributed by atoms with Crippen LogP contribution < -0.4 is 9.47 Å². The van der Waals surface area contributed by atoms with Crippen molar-refractivity contribution in [1.82, 2.24) is 0 Å². The number of aryl methyl sites for hydroxylation is 1. The van der Waals surface area contributed by atoms with Crippen LogP contribution in [0.2, 0.25) is 0 Å². The van der Waals surface area contributed by atoms with E-state index in [4.69, 9.17) is 14.6 Å². The van der Waals surface area contributed by atoms with Crippen LogP contribution in [-0.2, 0) is 6.42 Å². The molecular formula is C12H18O3S. The molecule has 0 saturated heterocycles. The minimum atomic E-state index is 0.198. The number of aliphatic hydroxyl groups excluding tert-OH is 1. The largest absolute Gasteiger partial charge is 0.495 e. The highest BCUT2D eigenvalue weighted by molar-refractivity contribution is 7.98. The Hall–Kier alpha value is -0.870. The fraction of sp³-hybridized carbons (Fsp3) is 0.500. The molecule has 90 valence electrons. The fourth-order valence-corrected chi connectivity index (χ4v) is 2.38. The second kappa shape index (κ2) is 6.66. The number of ether oxygens (including phenoxy) is 2. The van der Waals surface area contributed by atoms with Crippen molar-refractivity contribution in [2.45, 2.75) is 17.7 Å². The average Bonchev–Trinajstić information content (AvgIpc) is 2.34. The second-order valence-electron chi connectivity index (χ2n) is 3.32. The van der Waals surface area contributed by atoms with Gasteiger partial charge >= 0.3 is 0 Å². The summed E-state index contributed by atoms with van der Waals surface area (Å²) in [7, 11) is 3.32. The van der Waals surface area contributed by atoms with E-state index in [9.17, 15) is 0 Å². The second-order valence-corrected chi connectivity index (χ2v) is 4.14. The van der Waals surface area contributed by atoms with Crippen LogP contribution in [0.25, 0.3) is 0 Å². The number of methoxy groups -OCH3 is 2. The van der Waals surface area contributed by atoms with Crippen LogP contribution in [0.1, 0.15) is 12.0 Å². The van der Waals surface area contributed by atoms with E-state index in [1.807, 2.05) is 18.4 Å². The summed E-state index contributed by atoms with van der Waals surface area (Å²) in [5, 5.41) is 8.85. The molecule has 0 bridgehead atoms. The van der Waals surface area contributed by atoms with E-state index in [1.165, 1.54) is 0 Å². The first-order valence-electron chi connectivity index (χ1n) is 5.17. The lowest BCUT2D eigenvalue weighted by molar-refractivity contribution is 0.287. The minimum Gasteiger partial charge on any atom is -0.495 e. The SMILES string of the molecule is COc1ccc(CCCO)c(OC)c1SC. The van der Waals surface area contributed by atoms with E-state index < -0.39 is 0 Å². The molecule has 0 atom stereocenters. The lowest BCUT2D eigenvalue weighted by Gasteiger charge is -2.15. The van der Waals surface area contributed by atoms with Gasteiger partial charge in [-0.1, -0.05) is 6.07 Å². The molecule has 0 fully saturated rings. The van der Waals surface area contributed by atoms with E-state index in [2.05, 4.69) is 0 Å². The zero-order valence-electron chi connectivity index (χ0n) is 9.95. The van der Waals surface area contributed by atoms with Gasteiger partial charge in [0.05, 0.1) is 19.1 Å². The lowest BCUT2D eigenvalue weighted by Crippen LogP contribution is -1.98. The maximum absolute atomic E-state index is 8.85. The van der Waals surface area contributed by atoms with Crippen LogP contribution in [0.15, 0.2) is 17.0 Å². The first-order valence-corrected chi connectivity index (χ1v) is 6.39. The number of benzene rings is 1. The summed E-state index contributed by atoms with van der Waals surface area (Å²) >= 11 is 1.61. The Morgan fingerprint density at radius 2 is 2.00 bits per heavy atom. The average molecular weight is 242 g/mol.